The molecular weight excluding hydrogens is 264 g/mol. The highest BCUT2D eigenvalue weighted by Gasteiger charge is 2.04. The fourth-order valence-corrected chi connectivity index (χ4v) is 1.59. The van der Waals surface area contributed by atoms with Crippen LogP contribution < -0.4 is 10.1 Å². The molecule has 106 valence electrons. The maximum absolute atomic E-state index is 13.0. The van der Waals surface area contributed by atoms with Crippen LogP contribution >= 0.6 is 0 Å². The van der Waals surface area contributed by atoms with Crippen molar-refractivity contribution in [1.29, 1.82) is 0 Å². The van der Waals surface area contributed by atoms with Crippen molar-refractivity contribution in [3.05, 3.63) is 47.9 Å². The quantitative estimate of drug-likeness (QED) is 0.826. The summed E-state index contributed by atoms with van der Waals surface area (Å²) in [5, 5.41) is 3.19. The van der Waals surface area contributed by atoms with Crippen molar-refractivity contribution < 1.29 is 13.5 Å². The van der Waals surface area contributed by atoms with E-state index in [9.17, 15) is 8.78 Å². The molecule has 20 heavy (non-hydrogen) atoms. The zero-order valence-corrected chi connectivity index (χ0v) is 11.1. The van der Waals surface area contributed by atoms with Gasteiger partial charge in [-0.05, 0) is 13.0 Å². The predicted molar refractivity (Wildman–Crippen MR) is 70.5 cm³/mol. The van der Waals surface area contributed by atoms with Gasteiger partial charge in [-0.3, -0.25) is 4.98 Å². The minimum Gasteiger partial charge on any atom is -0.437 e. The molecule has 6 heteroatoms. The van der Waals surface area contributed by atoms with E-state index in [1.165, 1.54) is 6.20 Å². The fourth-order valence-electron chi connectivity index (χ4n) is 1.59. The van der Waals surface area contributed by atoms with Crippen molar-refractivity contribution in [2.75, 3.05) is 6.54 Å². The summed E-state index contributed by atoms with van der Waals surface area (Å²) in [7, 11) is 0. The van der Waals surface area contributed by atoms with Crippen molar-refractivity contribution in [3.8, 4) is 11.6 Å². The third kappa shape index (κ3) is 4.24. The molecular formula is C14H15F2N3O. The largest absolute Gasteiger partial charge is 0.437 e. The lowest BCUT2D eigenvalue weighted by molar-refractivity contribution is 0.447. The minimum absolute atomic E-state index is 0.0497. The van der Waals surface area contributed by atoms with E-state index in [1.54, 1.807) is 6.20 Å². The van der Waals surface area contributed by atoms with Gasteiger partial charge in [0.25, 0.3) is 0 Å². The van der Waals surface area contributed by atoms with Crippen LogP contribution in [0.3, 0.4) is 0 Å². The van der Waals surface area contributed by atoms with Crippen LogP contribution in [0.2, 0.25) is 0 Å². The highest BCUT2D eigenvalue weighted by molar-refractivity contribution is 5.27. The molecule has 0 aliphatic heterocycles. The van der Waals surface area contributed by atoms with Gasteiger partial charge < -0.3 is 10.1 Å². The lowest BCUT2D eigenvalue weighted by atomic mass is 10.3. The Hall–Kier alpha value is -2.08. The van der Waals surface area contributed by atoms with Gasteiger partial charge in [0.1, 0.15) is 17.4 Å². The summed E-state index contributed by atoms with van der Waals surface area (Å²) in [5.74, 6) is -1.16. The van der Waals surface area contributed by atoms with E-state index in [0.29, 0.717) is 6.54 Å². The predicted octanol–water partition coefficient (Wildman–Crippen LogP) is 3.05. The van der Waals surface area contributed by atoms with Crippen LogP contribution in [-0.2, 0) is 6.54 Å². The molecule has 1 N–H and O–H groups in total. The molecule has 0 amide bonds. The highest BCUT2D eigenvalue weighted by Crippen LogP contribution is 2.20. The second-order valence-corrected chi connectivity index (χ2v) is 4.23. The van der Waals surface area contributed by atoms with Gasteiger partial charge >= 0.3 is 0 Å². The topological polar surface area (TPSA) is 47.0 Å². The zero-order valence-electron chi connectivity index (χ0n) is 11.1. The molecule has 0 bridgehead atoms. The van der Waals surface area contributed by atoms with Crippen LogP contribution in [0.1, 0.15) is 19.0 Å². The average Bonchev–Trinajstić information content (AvgIpc) is 2.40. The molecule has 1 aromatic heterocycles. The van der Waals surface area contributed by atoms with Gasteiger partial charge in [-0.1, -0.05) is 6.92 Å². The first-order valence-corrected chi connectivity index (χ1v) is 6.33. The van der Waals surface area contributed by atoms with Crippen LogP contribution in [0.4, 0.5) is 8.78 Å². The summed E-state index contributed by atoms with van der Waals surface area (Å²) in [6.45, 7) is 3.60. The first-order chi connectivity index (χ1) is 9.67. The van der Waals surface area contributed by atoms with E-state index in [1.807, 2.05) is 0 Å². The van der Waals surface area contributed by atoms with Crippen molar-refractivity contribution in [2.24, 2.45) is 0 Å². The fraction of sp³-hybridized carbons (Fsp3) is 0.286. The Morgan fingerprint density at radius 2 is 1.85 bits per heavy atom. The molecule has 0 saturated heterocycles. The molecule has 1 aromatic carbocycles. The van der Waals surface area contributed by atoms with Gasteiger partial charge in [0.05, 0.1) is 18.1 Å². The van der Waals surface area contributed by atoms with Gasteiger partial charge in [-0.25, -0.2) is 13.8 Å². The summed E-state index contributed by atoms with van der Waals surface area (Å²) in [6.07, 6.45) is 4.03. The summed E-state index contributed by atoms with van der Waals surface area (Å²) < 4.78 is 31.3. The molecule has 0 atom stereocenters. The smallest absolute Gasteiger partial charge is 0.237 e. The Labute approximate surface area is 115 Å². The number of aromatic nitrogens is 2. The first kappa shape index (κ1) is 14.3. The van der Waals surface area contributed by atoms with Crippen LogP contribution in [-0.4, -0.2) is 16.5 Å². The number of ether oxygens (including phenoxy) is 1. The lowest BCUT2D eigenvalue weighted by Crippen LogP contribution is -2.14. The van der Waals surface area contributed by atoms with E-state index in [4.69, 9.17) is 4.74 Å². The van der Waals surface area contributed by atoms with Crippen LogP contribution in [0.25, 0.3) is 0 Å². The molecule has 0 fully saturated rings. The molecule has 0 aliphatic carbocycles. The number of hydrogen-bond donors (Lipinski definition) is 1. The van der Waals surface area contributed by atoms with Crippen molar-refractivity contribution >= 4 is 0 Å². The summed E-state index contributed by atoms with van der Waals surface area (Å²) in [4.78, 5) is 8.20. The first-order valence-electron chi connectivity index (χ1n) is 6.33. The zero-order chi connectivity index (χ0) is 14.4. The second-order valence-electron chi connectivity index (χ2n) is 4.23. The summed E-state index contributed by atoms with van der Waals surface area (Å²) >= 11 is 0. The molecule has 0 saturated carbocycles. The SMILES string of the molecule is CCCNCc1cnc(Oc2cc(F)cc(F)c2)cn1. The molecule has 0 aliphatic rings. The molecule has 1 heterocycles. The number of benzene rings is 1. The third-order valence-electron chi connectivity index (χ3n) is 2.47. The van der Waals surface area contributed by atoms with Gasteiger partial charge in [0.2, 0.25) is 5.88 Å². The molecule has 4 nitrogen and oxygen atoms in total. The number of nitrogens with one attached hydrogen (secondary N) is 1. The van der Waals surface area contributed by atoms with Crippen LogP contribution in [0.5, 0.6) is 11.6 Å². The summed E-state index contributed by atoms with van der Waals surface area (Å²) in [6, 6.07) is 2.95. The van der Waals surface area contributed by atoms with E-state index < -0.39 is 11.6 Å². The van der Waals surface area contributed by atoms with Crippen molar-refractivity contribution in [3.63, 3.8) is 0 Å². The summed E-state index contributed by atoms with van der Waals surface area (Å²) in [5.41, 5.74) is 0.774. The Kier molecular flexibility index (Phi) is 4.95. The third-order valence-corrected chi connectivity index (χ3v) is 2.47. The molecule has 2 rings (SSSR count). The average molecular weight is 279 g/mol. The maximum atomic E-state index is 13.0. The lowest BCUT2D eigenvalue weighted by Gasteiger charge is -2.06. The maximum Gasteiger partial charge on any atom is 0.237 e. The minimum atomic E-state index is -0.701. The standard InChI is InChI=1S/C14H15F2N3O/c1-2-3-17-7-12-8-19-14(9-18-12)20-13-5-10(15)4-11(16)6-13/h4-6,8-9,17H,2-3,7H2,1H3. The van der Waals surface area contributed by atoms with E-state index in [2.05, 4.69) is 22.2 Å². The van der Waals surface area contributed by atoms with Gasteiger partial charge in [-0.15, -0.1) is 0 Å². The molecule has 0 spiro atoms. The Bertz CT molecular complexity index is 541. The molecule has 2 aromatic rings. The van der Waals surface area contributed by atoms with Crippen LogP contribution in [0, 0.1) is 11.6 Å². The normalized spacial score (nSPS) is 10.6. The van der Waals surface area contributed by atoms with Gasteiger partial charge in [-0.2, -0.15) is 0 Å². The van der Waals surface area contributed by atoms with Gasteiger partial charge in [0, 0.05) is 24.7 Å². The number of rotatable bonds is 6. The Morgan fingerprint density at radius 3 is 2.45 bits per heavy atom. The Balaban J connectivity index is 1.99. The van der Waals surface area contributed by atoms with Crippen molar-refractivity contribution in [2.45, 2.75) is 19.9 Å². The monoisotopic (exact) mass is 279 g/mol. The van der Waals surface area contributed by atoms with Crippen LogP contribution in [0.15, 0.2) is 30.6 Å². The molecule has 0 radical (unpaired) electrons. The number of hydrogen-bond acceptors (Lipinski definition) is 4. The number of nitrogens with zero attached hydrogens (tertiary/aromatic N) is 2. The molecule has 0 unspecified atom stereocenters. The van der Waals surface area contributed by atoms with Gasteiger partial charge in [0.15, 0.2) is 0 Å². The highest BCUT2D eigenvalue weighted by atomic mass is 19.1. The van der Waals surface area contributed by atoms with E-state index in [-0.39, 0.29) is 11.6 Å². The number of halogens is 2. The van der Waals surface area contributed by atoms with E-state index in [0.717, 1.165) is 36.9 Å². The van der Waals surface area contributed by atoms with E-state index >= 15 is 0 Å². The Morgan fingerprint density at radius 1 is 1.10 bits per heavy atom. The second kappa shape index (κ2) is 6.91. The van der Waals surface area contributed by atoms with Crippen molar-refractivity contribution in [1.82, 2.24) is 15.3 Å².